The molecule has 0 saturated carbocycles. The lowest BCUT2D eigenvalue weighted by Gasteiger charge is -2.29. The van der Waals surface area contributed by atoms with Gasteiger partial charge >= 0.3 is 0 Å². The van der Waals surface area contributed by atoms with Crippen LogP contribution in [0.1, 0.15) is 18.4 Å². The van der Waals surface area contributed by atoms with Crippen molar-refractivity contribution in [1.82, 2.24) is 4.90 Å². The average Bonchev–Trinajstić information content (AvgIpc) is 2.61. The fourth-order valence-electron chi connectivity index (χ4n) is 2.86. The number of amides is 2. The summed E-state index contributed by atoms with van der Waals surface area (Å²) in [5.41, 5.74) is 5.95. The molecule has 1 saturated heterocycles. The number of carbonyl (C=O) groups is 2. The third-order valence-corrected chi connectivity index (χ3v) is 4.32. The molecule has 0 aliphatic carbocycles. The third kappa shape index (κ3) is 3.22. The molecule has 2 aromatic rings. The number of rotatable bonds is 3. The van der Waals surface area contributed by atoms with Gasteiger partial charge in [-0.15, -0.1) is 0 Å². The number of hydrogen-bond acceptors (Lipinski definition) is 4. The minimum absolute atomic E-state index is 0.162. The van der Waals surface area contributed by atoms with Crippen LogP contribution < -0.4 is 11.2 Å². The maximum absolute atomic E-state index is 12.3. The Labute approximate surface area is 138 Å². The smallest absolute Gasteiger partial charge is 0.246 e. The van der Waals surface area contributed by atoms with Crippen LogP contribution in [-0.2, 0) is 9.59 Å². The van der Waals surface area contributed by atoms with Crippen molar-refractivity contribution >= 4 is 28.9 Å². The lowest BCUT2D eigenvalue weighted by atomic mass is 9.96. The molecule has 6 nitrogen and oxygen atoms in total. The second kappa shape index (κ2) is 6.70. The van der Waals surface area contributed by atoms with Crippen LogP contribution >= 0.6 is 0 Å². The Hall–Kier alpha value is -2.89. The summed E-state index contributed by atoms with van der Waals surface area (Å²) in [6.45, 7) is 0.978. The maximum atomic E-state index is 12.3. The Morgan fingerprint density at radius 3 is 2.62 bits per heavy atom. The van der Waals surface area contributed by atoms with Gasteiger partial charge in [-0.1, -0.05) is 12.1 Å². The molecule has 1 aromatic carbocycles. The Morgan fingerprint density at radius 2 is 1.92 bits per heavy atom. The number of hydrogen-bond donors (Lipinski definition) is 1. The third-order valence-electron chi connectivity index (χ3n) is 4.32. The Bertz CT molecular complexity index is 861. The van der Waals surface area contributed by atoms with Crippen LogP contribution in [-0.4, -0.2) is 29.8 Å². The SMILES string of the molecule is NC(=O)C1CCN(C(=O)/C=C/c2coc3ccccc3c2=O)CC1. The highest BCUT2D eigenvalue weighted by atomic mass is 16.3. The van der Waals surface area contributed by atoms with E-state index in [0.717, 1.165) is 0 Å². The number of nitrogens with two attached hydrogens (primary N) is 1. The van der Waals surface area contributed by atoms with Crippen molar-refractivity contribution in [2.45, 2.75) is 12.8 Å². The zero-order chi connectivity index (χ0) is 17.1. The number of likely N-dealkylation sites (tertiary alicyclic amines) is 1. The quantitative estimate of drug-likeness (QED) is 0.866. The number of fused-ring (bicyclic) bond motifs is 1. The van der Waals surface area contributed by atoms with Crippen molar-refractivity contribution in [3.63, 3.8) is 0 Å². The van der Waals surface area contributed by atoms with Crippen LogP contribution in [0.25, 0.3) is 17.0 Å². The van der Waals surface area contributed by atoms with E-state index in [1.165, 1.54) is 18.4 Å². The van der Waals surface area contributed by atoms with E-state index >= 15 is 0 Å². The first kappa shape index (κ1) is 16.0. The molecule has 24 heavy (non-hydrogen) atoms. The minimum atomic E-state index is -0.314. The largest absolute Gasteiger partial charge is 0.463 e. The molecule has 2 amide bonds. The van der Waals surface area contributed by atoms with Gasteiger partial charge in [0.15, 0.2) is 5.43 Å². The summed E-state index contributed by atoms with van der Waals surface area (Å²) >= 11 is 0. The van der Waals surface area contributed by atoms with E-state index in [1.807, 2.05) is 0 Å². The fraction of sp³-hybridized carbons (Fsp3) is 0.278. The molecule has 0 spiro atoms. The van der Waals surface area contributed by atoms with E-state index in [2.05, 4.69) is 0 Å². The normalized spacial score (nSPS) is 15.9. The lowest BCUT2D eigenvalue weighted by Crippen LogP contribution is -2.41. The highest BCUT2D eigenvalue weighted by Gasteiger charge is 2.24. The Balaban J connectivity index is 1.72. The molecular weight excluding hydrogens is 308 g/mol. The van der Waals surface area contributed by atoms with Crippen LogP contribution in [0.2, 0.25) is 0 Å². The van der Waals surface area contributed by atoms with Crippen molar-refractivity contribution in [1.29, 1.82) is 0 Å². The van der Waals surface area contributed by atoms with Crippen LogP contribution in [0.15, 0.2) is 45.8 Å². The van der Waals surface area contributed by atoms with E-state index in [0.29, 0.717) is 42.5 Å². The number of piperidine rings is 1. The minimum Gasteiger partial charge on any atom is -0.463 e. The molecule has 0 bridgehead atoms. The summed E-state index contributed by atoms with van der Waals surface area (Å²) in [5, 5.41) is 0.481. The molecule has 0 unspecified atom stereocenters. The zero-order valence-corrected chi connectivity index (χ0v) is 13.1. The first-order chi connectivity index (χ1) is 11.6. The summed E-state index contributed by atoms with van der Waals surface area (Å²) in [7, 11) is 0. The number of para-hydroxylation sites is 1. The van der Waals surface area contributed by atoms with E-state index in [9.17, 15) is 14.4 Å². The highest BCUT2D eigenvalue weighted by Crippen LogP contribution is 2.17. The van der Waals surface area contributed by atoms with Gasteiger partial charge in [-0.05, 0) is 31.1 Å². The zero-order valence-electron chi connectivity index (χ0n) is 13.1. The van der Waals surface area contributed by atoms with Crippen molar-refractivity contribution in [2.75, 3.05) is 13.1 Å². The molecule has 1 aliphatic rings. The summed E-state index contributed by atoms with van der Waals surface area (Å²) in [5.74, 6) is -0.664. The van der Waals surface area contributed by atoms with Crippen molar-refractivity contribution in [3.8, 4) is 0 Å². The molecule has 6 heteroatoms. The second-order valence-corrected chi connectivity index (χ2v) is 5.85. The highest BCUT2D eigenvalue weighted by molar-refractivity contribution is 5.92. The summed E-state index contributed by atoms with van der Waals surface area (Å²) < 4.78 is 5.41. The predicted octanol–water partition coefficient (Wildman–Crippen LogP) is 1.53. The van der Waals surface area contributed by atoms with Crippen molar-refractivity contribution < 1.29 is 14.0 Å². The van der Waals surface area contributed by atoms with E-state index in [-0.39, 0.29) is 23.2 Å². The second-order valence-electron chi connectivity index (χ2n) is 5.85. The molecule has 1 aromatic heterocycles. The van der Waals surface area contributed by atoms with Gasteiger partial charge in [-0.3, -0.25) is 14.4 Å². The lowest BCUT2D eigenvalue weighted by molar-refractivity contribution is -0.130. The number of benzene rings is 1. The average molecular weight is 326 g/mol. The van der Waals surface area contributed by atoms with E-state index in [1.54, 1.807) is 29.2 Å². The van der Waals surface area contributed by atoms with Crippen molar-refractivity contribution in [2.24, 2.45) is 11.7 Å². The van der Waals surface area contributed by atoms with Gasteiger partial charge in [0.05, 0.1) is 10.9 Å². The van der Waals surface area contributed by atoms with Crippen LogP contribution in [0.5, 0.6) is 0 Å². The monoisotopic (exact) mass is 326 g/mol. The summed E-state index contributed by atoms with van der Waals surface area (Å²) in [4.78, 5) is 37.4. The van der Waals surface area contributed by atoms with Gasteiger partial charge in [0.1, 0.15) is 11.8 Å². The molecule has 1 fully saturated rings. The molecule has 2 N–H and O–H groups in total. The molecule has 0 atom stereocenters. The van der Waals surface area contributed by atoms with Crippen LogP contribution in [0, 0.1) is 5.92 Å². The van der Waals surface area contributed by atoms with E-state index in [4.69, 9.17) is 10.2 Å². The molecule has 0 radical (unpaired) electrons. The number of nitrogens with zero attached hydrogens (tertiary/aromatic N) is 1. The Kier molecular flexibility index (Phi) is 4.46. The topological polar surface area (TPSA) is 93.6 Å². The van der Waals surface area contributed by atoms with Crippen LogP contribution in [0.3, 0.4) is 0 Å². The summed E-state index contributed by atoms with van der Waals surface area (Å²) in [6.07, 6.45) is 5.35. The van der Waals surface area contributed by atoms with Crippen LogP contribution in [0.4, 0.5) is 0 Å². The number of carbonyl (C=O) groups excluding carboxylic acids is 2. The standard InChI is InChI=1S/C18H18N2O4/c19-18(23)12-7-9-20(10-8-12)16(21)6-5-13-11-24-15-4-2-1-3-14(15)17(13)22/h1-6,11-12H,7-10H2,(H2,19,23)/b6-5+. The van der Waals surface area contributed by atoms with Gasteiger partial charge in [0.2, 0.25) is 11.8 Å². The van der Waals surface area contributed by atoms with Gasteiger partial charge in [-0.25, -0.2) is 0 Å². The molecule has 124 valence electrons. The van der Waals surface area contributed by atoms with Crippen molar-refractivity contribution in [3.05, 3.63) is 52.4 Å². The van der Waals surface area contributed by atoms with E-state index < -0.39 is 0 Å². The molecular formula is C18H18N2O4. The van der Waals surface area contributed by atoms with Gasteiger partial charge in [0.25, 0.3) is 0 Å². The van der Waals surface area contributed by atoms with Gasteiger partial charge in [0, 0.05) is 25.1 Å². The molecule has 3 rings (SSSR count). The molecule has 2 heterocycles. The maximum Gasteiger partial charge on any atom is 0.246 e. The van der Waals surface area contributed by atoms with Gasteiger partial charge < -0.3 is 15.1 Å². The molecule has 1 aliphatic heterocycles. The summed E-state index contributed by atoms with van der Waals surface area (Å²) in [6, 6.07) is 6.97. The van der Waals surface area contributed by atoms with Gasteiger partial charge in [-0.2, -0.15) is 0 Å². The Morgan fingerprint density at radius 1 is 1.21 bits per heavy atom. The first-order valence-electron chi connectivity index (χ1n) is 7.83. The first-order valence-corrected chi connectivity index (χ1v) is 7.83. The predicted molar refractivity (Wildman–Crippen MR) is 90.0 cm³/mol. The number of primary amides is 1. The fourth-order valence-corrected chi connectivity index (χ4v) is 2.86.